The minimum atomic E-state index is 0.218. The second-order valence-electron chi connectivity index (χ2n) is 7.03. The summed E-state index contributed by atoms with van der Waals surface area (Å²) < 4.78 is 5.54. The molecule has 0 aromatic heterocycles. The Morgan fingerprint density at radius 1 is 1.20 bits per heavy atom. The van der Waals surface area contributed by atoms with Gasteiger partial charge in [-0.25, -0.2) is 0 Å². The molecule has 1 aliphatic carbocycles. The maximum Gasteiger partial charge on any atom is 0.0652 e. The van der Waals surface area contributed by atoms with E-state index in [2.05, 4.69) is 59.0 Å². The third-order valence-electron chi connectivity index (χ3n) is 5.08. The number of methoxy groups -OCH3 is 1. The van der Waals surface area contributed by atoms with Crippen molar-refractivity contribution >= 4 is 0 Å². The largest absolute Gasteiger partial charge is 0.381 e. The van der Waals surface area contributed by atoms with Crippen molar-refractivity contribution in [2.45, 2.75) is 66.2 Å². The Morgan fingerprint density at radius 2 is 1.75 bits per heavy atom. The molecule has 0 radical (unpaired) electrons. The normalized spacial score (nSPS) is 26.1. The van der Waals surface area contributed by atoms with E-state index < -0.39 is 0 Å². The van der Waals surface area contributed by atoms with Crippen molar-refractivity contribution in [2.75, 3.05) is 7.11 Å². The molecule has 2 nitrogen and oxygen atoms in total. The summed E-state index contributed by atoms with van der Waals surface area (Å²) in [5.74, 6) is 0. The lowest BCUT2D eigenvalue weighted by atomic mass is 9.64. The summed E-state index contributed by atoms with van der Waals surface area (Å²) in [4.78, 5) is 0. The van der Waals surface area contributed by atoms with E-state index in [1.807, 2.05) is 7.11 Å². The zero-order chi connectivity index (χ0) is 15.1. The molecule has 1 fully saturated rings. The monoisotopic (exact) mass is 275 g/mol. The highest BCUT2D eigenvalue weighted by Crippen LogP contribution is 2.43. The first-order valence-corrected chi connectivity index (χ1v) is 7.64. The summed E-state index contributed by atoms with van der Waals surface area (Å²) in [5.41, 5.74) is 5.80. The van der Waals surface area contributed by atoms with Crippen molar-refractivity contribution in [3.05, 3.63) is 34.4 Å². The Kier molecular flexibility index (Phi) is 4.27. The topological polar surface area (TPSA) is 21.3 Å². The fourth-order valence-electron chi connectivity index (χ4n) is 3.83. The molecule has 1 N–H and O–H groups in total. The third kappa shape index (κ3) is 2.64. The molecule has 0 amide bonds. The molecule has 2 rings (SSSR count). The van der Waals surface area contributed by atoms with Gasteiger partial charge >= 0.3 is 0 Å². The predicted molar refractivity (Wildman–Crippen MR) is 85.2 cm³/mol. The summed E-state index contributed by atoms with van der Waals surface area (Å²) in [7, 11) is 1.82. The lowest BCUT2D eigenvalue weighted by molar-refractivity contribution is -0.0999. The first-order chi connectivity index (χ1) is 9.27. The van der Waals surface area contributed by atoms with E-state index in [0.717, 1.165) is 6.42 Å². The van der Waals surface area contributed by atoms with E-state index >= 15 is 0 Å². The van der Waals surface area contributed by atoms with Gasteiger partial charge in [-0.2, -0.15) is 0 Å². The number of aryl methyl sites for hydroxylation is 3. The van der Waals surface area contributed by atoms with E-state index in [4.69, 9.17) is 4.74 Å². The van der Waals surface area contributed by atoms with Crippen molar-refractivity contribution in [1.82, 2.24) is 5.32 Å². The maximum absolute atomic E-state index is 5.54. The fraction of sp³-hybridized carbons (Fsp3) is 0.667. The average molecular weight is 275 g/mol. The molecule has 1 saturated carbocycles. The van der Waals surface area contributed by atoms with E-state index in [-0.39, 0.29) is 5.41 Å². The van der Waals surface area contributed by atoms with Crippen LogP contribution in [-0.2, 0) is 4.74 Å². The number of benzene rings is 1. The smallest absolute Gasteiger partial charge is 0.0652 e. The second-order valence-corrected chi connectivity index (χ2v) is 7.03. The molecule has 0 aliphatic heterocycles. The zero-order valence-electron chi connectivity index (χ0n) is 14.0. The van der Waals surface area contributed by atoms with Crippen LogP contribution in [0.2, 0.25) is 0 Å². The van der Waals surface area contributed by atoms with Crippen LogP contribution in [0.1, 0.15) is 55.5 Å². The van der Waals surface area contributed by atoms with Crippen molar-refractivity contribution in [3.63, 3.8) is 0 Å². The fourth-order valence-corrected chi connectivity index (χ4v) is 3.83. The van der Waals surface area contributed by atoms with Gasteiger partial charge in [0, 0.05) is 24.6 Å². The van der Waals surface area contributed by atoms with Crippen molar-refractivity contribution < 1.29 is 4.74 Å². The van der Waals surface area contributed by atoms with E-state index in [1.54, 1.807) is 0 Å². The average Bonchev–Trinajstić information content (AvgIpc) is 2.32. The van der Waals surface area contributed by atoms with Crippen molar-refractivity contribution in [2.24, 2.45) is 5.41 Å². The number of hydrogen-bond donors (Lipinski definition) is 1. The SMILES string of the molecule is COC1CC(NC(C)c2c(C)cc(C)cc2C)C1(C)C. The molecule has 0 heterocycles. The number of hydrogen-bond acceptors (Lipinski definition) is 2. The second kappa shape index (κ2) is 5.50. The minimum absolute atomic E-state index is 0.218. The van der Waals surface area contributed by atoms with Crippen LogP contribution in [0.15, 0.2) is 12.1 Å². The summed E-state index contributed by atoms with van der Waals surface area (Å²) in [6, 6.07) is 5.48. The van der Waals surface area contributed by atoms with Crippen molar-refractivity contribution in [1.29, 1.82) is 0 Å². The minimum Gasteiger partial charge on any atom is -0.381 e. The van der Waals surface area contributed by atoms with Gasteiger partial charge in [0.1, 0.15) is 0 Å². The first-order valence-electron chi connectivity index (χ1n) is 7.64. The molecule has 3 unspecified atom stereocenters. The van der Waals surface area contributed by atoms with Gasteiger partial charge in [0.05, 0.1) is 6.10 Å². The lowest BCUT2D eigenvalue weighted by Gasteiger charge is -2.52. The summed E-state index contributed by atoms with van der Waals surface area (Å²) in [6.45, 7) is 13.5. The van der Waals surface area contributed by atoms with Gasteiger partial charge in [0.15, 0.2) is 0 Å². The predicted octanol–water partition coefficient (Wildman–Crippen LogP) is 4.08. The van der Waals surface area contributed by atoms with Crippen LogP contribution in [-0.4, -0.2) is 19.3 Å². The van der Waals surface area contributed by atoms with Gasteiger partial charge in [-0.1, -0.05) is 31.5 Å². The van der Waals surface area contributed by atoms with Crippen LogP contribution in [0, 0.1) is 26.2 Å². The van der Waals surface area contributed by atoms with E-state index in [1.165, 1.54) is 22.3 Å². The molecule has 0 bridgehead atoms. The number of rotatable bonds is 4. The standard InChI is InChI=1S/C18H29NO/c1-11-8-12(2)17(13(3)9-11)14(4)19-15-10-16(20-7)18(15,5)6/h8-9,14-16,19H,10H2,1-7H3. The number of nitrogens with one attached hydrogen (secondary N) is 1. The molecule has 0 saturated heterocycles. The Labute approximate surface area is 123 Å². The molecule has 20 heavy (non-hydrogen) atoms. The Morgan fingerprint density at radius 3 is 2.20 bits per heavy atom. The molecule has 0 spiro atoms. The van der Waals surface area contributed by atoms with Crippen LogP contribution in [0.3, 0.4) is 0 Å². The highest BCUT2D eigenvalue weighted by molar-refractivity contribution is 5.39. The van der Waals surface area contributed by atoms with Crippen LogP contribution < -0.4 is 5.32 Å². The molecule has 3 atom stereocenters. The molecular formula is C18H29NO. The summed E-state index contributed by atoms with van der Waals surface area (Å²) in [5, 5.41) is 3.81. The van der Waals surface area contributed by atoms with Crippen molar-refractivity contribution in [3.8, 4) is 0 Å². The Hall–Kier alpha value is -0.860. The van der Waals surface area contributed by atoms with Gasteiger partial charge in [-0.05, 0) is 50.8 Å². The van der Waals surface area contributed by atoms with Gasteiger partial charge in [-0.3, -0.25) is 0 Å². The van der Waals surface area contributed by atoms with Gasteiger partial charge in [0.25, 0.3) is 0 Å². The summed E-state index contributed by atoms with van der Waals surface area (Å²) >= 11 is 0. The number of ether oxygens (including phenoxy) is 1. The summed E-state index contributed by atoms with van der Waals surface area (Å²) in [6.07, 6.45) is 1.49. The lowest BCUT2D eigenvalue weighted by Crippen LogP contribution is -2.61. The van der Waals surface area contributed by atoms with Crippen LogP contribution >= 0.6 is 0 Å². The van der Waals surface area contributed by atoms with Crippen LogP contribution in [0.4, 0.5) is 0 Å². The molecule has 1 aromatic carbocycles. The van der Waals surface area contributed by atoms with Crippen LogP contribution in [0.5, 0.6) is 0 Å². The van der Waals surface area contributed by atoms with E-state index in [0.29, 0.717) is 18.2 Å². The molecular weight excluding hydrogens is 246 g/mol. The van der Waals surface area contributed by atoms with Gasteiger partial charge < -0.3 is 10.1 Å². The first kappa shape index (κ1) is 15.5. The third-order valence-corrected chi connectivity index (χ3v) is 5.08. The molecule has 1 aliphatic rings. The Balaban J connectivity index is 2.12. The van der Waals surface area contributed by atoms with E-state index in [9.17, 15) is 0 Å². The van der Waals surface area contributed by atoms with Gasteiger partial charge in [-0.15, -0.1) is 0 Å². The molecule has 1 aromatic rings. The highest BCUT2D eigenvalue weighted by atomic mass is 16.5. The maximum atomic E-state index is 5.54. The van der Waals surface area contributed by atoms with Crippen LogP contribution in [0.25, 0.3) is 0 Å². The molecule has 112 valence electrons. The quantitative estimate of drug-likeness (QED) is 0.894. The Bertz CT molecular complexity index is 469. The highest BCUT2D eigenvalue weighted by Gasteiger charge is 2.48. The molecule has 2 heteroatoms. The van der Waals surface area contributed by atoms with Gasteiger partial charge in [0.2, 0.25) is 0 Å². The zero-order valence-corrected chi connectivity index (χ0v) is 14.0.